The topological polar surface area (TPSA) is 150 Å². The molecule has 2 aliphatic heterocycles. The van der Waals surface area contributed by atoms with Gasteiger partial charge in [0.05, 0.1) is 13.0 Å². The molecule has 2 fully saturated rings. The summed E-state index contributed by atoms with van der Waals surface area (Å²) in [6.45, 7) is 0.551. The van der Waals surface area contributed by atoms with Crippen LogP contribution in [-0.4, -0.2) is 76.7 Å². The van der Waals surface area contributed by atoms with Crippen molar-refractivity contribution < 1.29 is 29.0 Å². The Bertz CT molecular complexity index is 1390. The standard InChI is InChI=1S/C29H31N5O6/c35-24(32-23-14-25(36)40-29(23)39)17-34-16-18(15-31-20-7-2-1-3-8-20)10-11-22(28(34)38)33-27(37)26-21-9-5-4-6-19(21)12-13-30-26/h1-9,12-13,18,22-23,29,31,39H,10-11,14-17H2,(H,32,35)(H,33,37). The lowest BCUT2D eigenvalue weighted by atomic mass is 10.0. The second kappa shape index (κ2) is 12.1. The van der Waals surface area contributed by atoms with Crippen molar-refractivity contribution in [2.75, 3.05) is 25.0 Å². The van der Waals surface area contributed by atoms with E-state index >= 15 is 0 Å². The minimum Gasteiger partial charge on any atom is -0.434 e. The highest BCUT2D eigenvalue weighted by molar-refractivity contribution is 6.06. The summed E-state index contributed by atoms with van der Waals surface area (Å²) < 4.78 is 4.69. The highest BCUT2D eigenvalue weighted by atomic mass is 16.6. The van der Waals surface area contributed by atoms with E-state index < -0.39 is 36.2 Å². The average molecular weight is 546 g/mol. The molecule has 2 saturated heterocycles. The van der Waals surface area contributed by atoms with E-state index in [-0.39, 0.29) is 37.0 Å². The maximum atomic E-state index is 13.6. The number of hydrogen-bond acceptors (Lipinski definition) is 8. The lowest BCUT2D eigenvalue weighted by Crippen LogP contribution is -2.52. The fourth-order valence-electron chi connectivity index (χ4n) is 5.12. The third kappa shape index (κ3) is 6.37. The molecule has 2 aromatic carbocycles. The quantitative estimate of drug-likeness (QED) is 0.311. The lowest BCUT2D eigenvalue weighted by Gasteiger charge is -2.27. The Morgan fingerprint density at radius 3 is 2.55 bits per heavy atom. The van der Waals surface area contributed by atoms with Crippen LogP contribution < -0.4 is 16.0 Å². The second-order valence-electron chi connectivity index (χ2n) is 10.1. The number of carbonyl (C=O) groups excluding carboxylic acids is 4. The number of fused-ring (bicyclic) bond motifs is 1. The molecule has 11 heteroatoms. The molecule has 5 rings (SSSR count). The Labute approximate surface area is 230 Å². The van der Waals surface area contributed by atoms with Crippen LogP contribution in [-0.2, 0) is 19.1 Å². The summed E-state index contributed by atoms with van der Waals surface area (Å²) in [6.07, 6.45) is 0.986. The van der Waals surface area contributed by atoms with E-state index in [0.717, 1.165) is 11.1 Å². The van der Waals surface area contributed by atoms with Crippen LogP contribution in [0.4, 0.5) is 5.69 Å². The first-order valence-corrected chi connectivity index (χ1v) is 13.3. The van der Waals surface area contributed by atoms with E-state index in [1.54, 1.807) is 12.3 Å². The highest BCUT2D eigenvalue weighted by Crippen LogP contribution is 2.21. The van der Waals surface area contributed by atoms with Crippen LogP contribution >= 0.6 is 0 Å². The summed E-state index contributed by atoms with van der Waals surface area (Å²) >= 11 is 0. The van der Waals surface area contributed by atoms with Crippen molar-refractivity contribution in [3.63, 3.8) is 0 Å². The Morgan fingerprint density at radius 1 is 1.00 bits per heavy atom. The number of likely N-dealkylation sites (tertiary alicyclic amines) is 1. The van der Waals surface area contributed by atoms with Gasteiger partial charge >= 0.3 is 5.97 Å². The van der Waals surface area contributed by atoms with Gasteiger partial charge < -0.3 is 30.7 Å². The molecule has 4 unspecified atom stereocenters. The SMILES string of the molecule is O=C(CN1CC(CNc2ccccc2)CCC(NC(=O)c2nccc3ccccc23)C1=O)NC1CC(=O)OC1O. The van der Waals surface area contributed by atoms with Gasteiger partial charge in [-0.05, 0) is 42.3 Å². The molecule has 3 heterocycles. The van der Waals surface area contributed by atoms with Gasteiger partial charge in [0.25, 0.3) is 5.91 Å². The number of aliphatic hydroxyl groups excluding tert-OH is 1. The number of para-hydroxylation sites is 1. The van der Waals surface area contributed by atoms with E-state index in [4.69, 9.17) is 0 Å². The zero-order valence-corrected chi connectivity index (χ0v) is 21.8. The molecule has 4 N–H and O–H groups in total. The van der Waals surface area contributed by atoms with Gasteiger partial charge in [0.1, 0.15) is 17.8 Å². The van der Waals surface area contributed by atoms with Crippen LogP contribution in [0.1, 0.15) is 29.8 Å². The third-order valence-corrected chi connectivity index (χ3v) is 7.18. The third-order valence-electron chi connectivity index (χ3n) is 7.18. The maximum Gasteiger partial charge on any atom is 0.310 e. The van der Waals surface area contributed by atoms with Crippen molar-refractivity contribution >= 4 is 40.2 Å². The van der Waals surface area contributed by atoms with Gasteiger partial charge in [-0.2, -0.15) is 0 Å². The number of benzene rings is 2. The second-order valence-corrected chi connectivity index (χ2v) is 10.1. The predicted molar refractivity (Wildman–Crippen MR) is 146 cm³/mol. The summed E-state index contributed by atoms with van der Waals surface area (Å²) in [5.74, 6) is -2.00. The van der Waals surface area contributed by atoms with Gasteiger partial charge in [-0.15, -0.1) is 0 Å². The van der Waals surface area contributed by atoms with Gasteiger partial charge in [-0.1, -0.05) is 42.5 Å². The molecule has 11 nitrogen and oxygen atoms in total. The summed E-state index contributed by atoms with van der Waals surface area (Å²) in [4.78, 5) is 56.9. The molecule has 0 saturated carbocycles. The van der Waals surface area contributed by atoms with E-state index in [1.165, 1.54) is 4.90 Å². The van der Waals surface area contributed by atoms with Gasteiger partial charge in [0.15, 0.2) is 0 Å². The van der Waals surface area contributed by atoms with E-state index in [1.807, 2.05) is 54.6 Å². The van der Waals surface area contributed by atoms with Crippen LogP contribution in [0.5, 0.6) is 0 Å². The largest absolute Gasteiger partial charge is 0.434 e. The lowest BCUT2D eigenvalue weighted by molar-refractivity contribution is -0.155. The van der Waals surface area contributed by atoms with Crippen LogP contribution in [0.2, 0.25) is 0 Å². The zero-order valence-electron chi connectivity index (χ0n) is 21.8. The summed E-state index contributed by atoms with van der Waals surface area (Å²) in [6, 6.07) is 17.1. The Hall–Kier alpha value is -4.51. The number of hydrogen-bond donors (Lipinski definition) is 4. The van der Waals surface area contributed by atoms with Crippen LogP contribution in [0.15, 0.2) is 66.9 Å². The Kier molecular flexibility index (Phi) is 8.20. The van der Waals surface area contributed by atoms with Crippen molar-refractivity contribution in [1.82, 2.24) is 20.5 Å². The molecule has 4 atom stereocenters. The number of anilines is 1. The molecular formula is C29H31N5O6. The molecule has 0 spiro atoms. The molecule has 0 aliphatic carbocycles. The van der Waals surface area contributed by atoms with E-state index in [2.05, 4.69) is 25.7 Å². The maximum absolute atomic E-state index is 13.6. The Morgan fingerprint density at radius 2 is 1.77 bits per heavy atom. The number of esters is 1. The highest BCUT2D eigenvalue weighted by Gasteiger charge is 2.37. The molecule has 3 aromatic rings. The number of carbonyl (C=O) groups is 4. The summed E-state index contributed by atoms with van der Waals surface area (Å²) in [5.41, 5.74) is 1.16. The number of nitrogens with one attached hydrogen (secondary N) is 3. The molecule has 208 valence electrons. The fourth-order valence-corrected chi connectivity index (χ4v) is 5.12. The average Bonchev–Trinajstić information content (AvgIpc) is 3.20. The normalized spacial score (nSPS) is 22.9. The van der Waals surface area contributed by atoms with E-state index in [0.29, 0.717) is 24.8 Å². The number of aliphatic hydroxyl groups is 1. The smallest absolute Gasteiger partial charge is 0.310 e. The summed E-state index contributed by atoms with van der Waals surface area (Å²) in [5, 5.41) is 20.2. The number of cyclic esters (lactones) is 1. The van der Waals surface area contributed by atoms with E-state index in [9.17, 15) is 24.3 Å². The number of amides is 3. The monoisotopic (exact) mass is 545 g/mol. The van der Waals surface area contributed by atoms with Gasteiger partial charge in [-0.25, -0.2) is 0 Å². The van der Waals surface area contributed by atoms with Gasteiger partial charge in [-0.3, -0.25) is 24.2 Å². The van der Waals surface area contributed by atoms with Crippen LogP contribution in [0.3, 0.4) is 0 Å². The number of nitrogens with zero attached hydrogens (tertiary/aromatic N) is 2. The van der Waals surface area contributed by atoms with Crippen molar-refractivity contribution in [2.24, 2.45) is 5.92 Å². The van der Waals surface area contributed by atoms with Crippen LogP contribution in [0, 0.1) is 5.92 Å². The fraction of sp³-hybridized carbons (Fsp3) is 0.345. The first-order valence-electron chi connectivity index (χ1n) is 13.3. The zero-order chi connectivity index (χ0) is 28.1. The van der Waals surface area contributed by atoms with Gasteiger partial charge in [0.2, 0.25) is 18.1 Å². The minimum atomic E-state index is -1.43. The van der Waals surface area contributed by atoms with Crippen molar-refractivity contribution in [1.29, 1.82) is 0 Å². The Balaban J connectivity index is 1.31. The molecule has 40 heavy (non-hydrogen) atoms. The number of aromatic nitrogens is 1. The molecule has 2 aliphatic rings. The molecule has 1 aromatic heterocycles. The number of pyridine rings is 1. The molecule has 3 amide bonds. The van der Waals surface area contributed by atoms with Crippen LogP contribution in [0.25, 0.3) is 10.8 Å². The van der Waals surface area contributed by atoms with Crippen molar-refractivity contribution in [3.05, 3.63) is 72.6 Å². The molecule has 0 radical (unpaired) electrons. The van der Waals surface area contributed by atoms with Gasteiger partial charge in [0, 0.05) is 30.4 Å². The number of rotatable bonds is 8. The van der Waals surface area contributed by atoms with Crippen molar-refractivity contribution in [3.8, 4) is 0 Å². The summed E-state index contributed by atoms with van der Waals surface area (Å²) in [7, 11) is 0. The molecular weight excluding hydrogens is 514 g/mol. The first-order chi connectivity index (χ1) is 19.4. The van der Waals surface area contributed by atoms with Crippen molar-refractivity contribution in [2.45, 2.75) is 37.6 Å². The number of ether oxygens (including phenoxy) is 1. The molecule has 0 bridgehead atoms. The predicted octanol–water partition coefficient (Wildman–Crippen LogP) is 1.43. The minimum absolute atomic E-state index is 0.00322. The first kappa shape index (κ1) is 27.1.